The summed E-state index contributed by atoms with van der Waals surface area (Å²) >= 11 is 6.14. The number of halogens is 1. The summed E-state index contributed by atoms with van der Waals surface area (Å²) in [6, 6.07) is 12.1. The van der Waals surface area contributed by atoms with Gasteiger partial charge in [-0.25, -0.2) is 0 Å². The topological polar surface area (TPSA) is 42.1 Å². The van der Waals surface area contributed by atoms with Crippen LogP contribution in [0.15, 0.2) is 42.6 Å². The van der Waals surface area contributed by atoms with Crippen LogP contribution in [0.3, 0.4) is 0 Å². The van der Waals surface area contributed by atoms with Crippen molar-refractivity contribution in [3.05, 3.63) is 58.9 Å². The fourth-order valence-electron chi connectivity index (χ4n) is 2.34. The van der Waals surface area contributed by atoms with Gasteiger partial charge in [-0.3, -0.25) is 4.98 Å². The number of benzene rings is 1. The van der Waals surface area contributed by atoms with Crippen LogP contribution in [0.2, 0.25) is 5.02 Å². The van der Waals surface area contributed by atoms with Crippen molar-refractivity contribution >= 4 is 17.3 Å². The summed E-state index contributed by atoms with van der Waals surface area (Å²) in [6.07, 6.45) is 3.60. The van der Waals surface area contributed by atoms with Crippen molar-refractivity contribution in [2.75, 3.05) is 11.9 Å². The smallest absolute Gasteiger partial charge is 0.0598 e. The lowest BCUT2D eigenvalue weighted by Gasteiger charge is -2.23. The molecule has 0 aliphatic heterocycles. The van der Waals surface area contributed by atoms with E-state index in [-0.39, 0.29) is 6.04 Å². The van der Waals surface area contributed by atoms with Crippen molar-refractivity contribution < 1.29 is 0 Å². The number of nitrogens with two attached hydrogens (primary N) is 1. The number of nitrogens with zero attached hydrogens (tertiary/aromatic N) is 2. The fraction of sp³-hybridized carbons (Fsp3) is 0.353. The van der Waals surface area contributed by atoms with Gasteiger partial charge in [0.05, 0.1) is 12.2 Å². The molecule has 112 valence electrons. The minimum absolute atomic E-state index is 0.158. The molecular formula is C17H22ClN3. The number of hydrogen-bond donors (Lipinski definition) is 1. The van der Waals surface area contributed by atoms with Crippen LogP contribution in [-0.4, -0.2) is 18.1 Å². The molecule has 4 heteroatoms. The summed E-state index contributed by atoms with van der Waals surface area (Å²) in [6.45, 7) is 2.86. The zero-order valence-electron chi connectivity index (χ0n) is 12.6. The average molecular weight is 304 g/mol. The van der Waals surface area contributed by atoms with Gasteiger partial charge in [0.2, 0.25) is 0 Å². The highest BCUT2D eigenvalue weighted by molar-refractivity contribution is 6.30. The monoisotopic (exact) mass is 303 g/mol. The second-order valence-electron chi connectivity index (χ2n) is 5.32. The standard InChI is InChI=1S/C17H22ClN3/c1-3-15(19)11-13-10-14(18)7-8-17(13)21(2)12-16-6-4-5-9-20-16/h4-10,15H,3,11-12,19H2,1-2H3. The Morgan fingerprint density at radius 1 is 1.29 bits per heavy atom. The first kappa shape index (κ1) is 15.8. The highest BCUT2D eigenvalue weighted by Crippen LogP contribution is 2.26. The fourth-order valence-corrected chi connectivity index (χ4v) is 2.53. The van der Waals surface area contributed by atoms with Crippen LogP contribution >= 0.6 is 11.6 Å². The largest absolute Gasteiger partial charge is 0.368 e. The Morgan fingerprint density at radius 2 is 2.10 bits per heavy atom. The second kappa shape index (κ2) is 7.43. The summed E-state index contributed by atoms with van der Waals surface area (Å²) in [4.78, 5) is 6.57. The van der Waals surface area contributed by atoms with Crippen LogP contribution in [0, 0.1) is 0 Å². The molecule has 0 amide bonds. The maximum Gasteiger partial charge on any atom is 0.0598 e. The molecule has 0 radical (unpaired) electrons. The molecule has 0 aliphatic carbocycles. The lowest BCUT2D eigenvalue weighted by atomic mass is 10.0. The molecule has 2 N–H and O–H groups in total. The predicted molar refractivity (Wildman–Crippen MR) is 89.8 cm³/mol. The third-order valence-corrected chi connectivity index (χ3v) is 3.82. The Bertz CT molecular complexity index is 572. The van der Waals surface area contributed by atoms with E-state index in [1.54, 1.807) is 0 Å². The van der Waals surface area contributed by atoms with Gasteiger partial charge in [0.15, 0.2) is 0 Å². The van der Waals surface area contributed by atoms with E-state index in [4.69, 9.17) is 17.3 Å². The molecule has 0 fully saturated rings. The SMILES string of the molecule is CCC(N)Cc1cc(Cl)ccc1N(C)Cc1ccccn1. The Morgan fingerprint density at radius 3 is 2.76 bits per heavy atom. The molecule has 1 unspecified atom stereocenters. The van der Waals surface area contributed by atoms with Crippen molar-refractivity contribution in [2.45, 2.75) is 32.4 Å². The third kappa shape index (κ3) is 4.45. The molecule has 21 heavy (non-hydrogen) atoms. The Hall–Kier alpha value is -1.58. The van der Waals surface area contributed by atoms with Gasteiger partial charge >= 0.3 is 0 Å². The van der Waals surface area contributed by atoms with Gasteiger partial charge in [0.25, 0.3) is 0 Å². The number of pyridine rings is 1. The molecule has 0 saturated carbocycles. The van der Waals surface area contributed by atoms with E-state index < -0.39 is 0 Å². The van der Waals surface area contributed by atoms with Crippen LogP contribution in [-0.2, 0) is 13.0 Å². The highest BCUT2D eigenvalue weighted by Gasteiger charge is 2.12. The van der Waals surface area contributed by atoms with Gasteiger partial charge in [-0.05, 0) is 48.7 Å². The molecule has 0 saturated heterocycles. The molecule has 1 aromatic carbocycles. The van der Waals surface area contributed by atoms with Crippen LogP contribution in [0.1, 0.15) is 24.6 Å². The minimum atomic E-state index is 0.158. The van der Waals surface area contributed by atoms with E-state index in [0.717, 1.165) is 35.8 Å². The van der Waals surface area contributed by atoms with Crippen LogP contribution in [0.25, 0.3) is 0 Å². The van der Waals surface area contributed by atoms with Crippen molar-refractivity contribution in [3.63, 3.8) is 0 Å². The lowest BCUT2D eigenvalue weighted by molar-refractivity contribution is 0.645. The molecule has 1 aromatic heterocycles. The van der Waals surface area contributed by atoms with E-state index in [2.05, 4.69) is 29.9 Å². The first-order valence-corrected chi connectivity index (χ1v) is 7.63. The molecule has 2 rings (SSSR count). The van der Waals surface area contributed by atoms with E-state index in [1.165, 1.54) is 5.56 Å². The van der Waals surface area contributed by atoms with Crippen molar-refractivity contribution in [3.8, 4) is 0 Å². The van der Waals surface area contributed by atoms with E-state index >= 15 is 0 Å². The van der Waals surface area contributed by atoms with Crippen LogP contribution < -0.4 is 10.6 Å². The molecule has 0 spiro atoms. The maximum absolute atomic E-state index is 6.14. The Balaban J connectivity index is 2.21. The first-order valence-electron chi connectivity index (χ1n) is 7.25. The third-order valence-electron chi connectivity index (χ3n) is 3.58. The lowest BCUT2D eigenvalue weighted by Crippen LogP contribution is -2.24. The van der Waals surface area contributed by atoms with Gasteiger partial charge in [-0.1, -0.05) is 24.6 Å². The van der Waals surface area contributed by atoms with Gasteiger partial charge in [-0.2, -0.15) is 0 Å². The quantitative estimate of drug-likeness (QED) is 0.885. The van der Waals surface area contributed by atoms with Crippen molar-refractivity contribution in [1.82, 2.24) is 4.98 Å². The number of anilines is 1. The average Bonchev–Trinajstić information content (AvgIpc) is 2.48. The second-order valence-corrected chi connectivity index (χ2v) is 5.76. The Labute approximate surface area is 131 Å². The van der Waals surface area contributed by atoms with Crippen LogP contribution in [0.4, 0.5) is 5.69 Å². The molecular weight excluding hydrogens is 282 g/mol. The number of rotatable bonds is 6. The molecule has 2 aromatic rings. The molecule has 0 bridgehead atoms. The summed E-state index contributed by atoms with van der Waals surface area (Å²) in [5, 5.41) is 0.753. The summed E-state index contributed by atoms with van der Waals surface area (Å²) in [5.74, 6) is 0. The molecule has 3 nitrogen and oxygen atoms in total. The normalized spacial score (nSPS) is 12.2. The van der Waals surface area contributed by atoms with Gasteiger partial charge in [0.1, 0.15) is 0 Å². The molecule has 1 heterocycles. The Kier molecular flexibility index (Phi) is 5.59. The van der Waals surface area contributed by atoms with E-state index in [1.807, 2.05) is 36.5 Å². The van der Waals surface area contributed by atoms with E-state index in [0.29, 0.717) is 0 Å². The van der Waals surface area contributed by atoms with Crippen molar-refractivity contribution in [2.24, 2.45) is 5.73 Å². The van der Waals surface area contributed by atoms with Crippen LogP contribution in [0.5, 0.6) is 0 Å². The number of aromatic nitrogens is 1. The molecule has 0 aliphatic rings. The summed E-state index contributed by atoms with van der Waals surface area (Å²) in [5.41, 5.74) is 9.50. The summed E-state index contributed by atoms with van der Waals surface area (Å²) in [7, 11) is 2.07. The van der Waals surface area contributed by atoms with Gasteiger partial charge in [0, 0.05) is 30.0 Å². The first-order chi connectivity index (χ1) is 10.1. The zero-order chi connectivity index (χ0) is 15.2. The zero-order valence-corrected chi connectivity index (χ0v) is 13.3. The number of hydrogen-bond acceptors (Lipinski definition) is 3. The minimum Gasteiger partial charge on any atom is -0.368 e. The highest BCUT2D eigenvalue weighted by atomic mass is 35.5. The van der Waals surface area contributed by atoms with Gasteiger partial charge in [-0.15, -0.1) is 0 Å². The maximum atomic E-state index is 6.14. The van der Waals surface area contributed by atoms with E-state index in [9.17, 15) is 0 Å². The molecule has 1 atom stereocenters. The predicted octanol–water partition coefficient (Wildman–Crippen LogP) is 3.65. The summed E-state index contributed by atoms with van der Waals surface area (Å²) < 4.78 is 0. The van der Waals surface area contributed by atoms with Crippen molar-refractivity contribution in [1.29, 1.82) is 0 Å². The van der Waals surface area contributed by atoms with Gasteiger partial charge < -0.3 is 10.6 Å².